The first-order chi connectivity index (χ1) is 13.0. The van der Waals surface area contributed by atoms with Gasteiger partial charge in [-0.25, -0.2) is 9.37 Å². The van der Waals surface area contributed by atoms with Crippen molar-refractivity contribution < 1.29 is 4.39 Å². The number of rotatable bonds is 4. The molecule has 0 aliphatic rings. The molecule has 0 saturated heterocycles. The molecule has 2 aromatic carbocycles. The molecular weight excluding hydrogens is 381 g/mol. The molecule has 0 amide bonds. The van der Waals surface area contributed by atoms with Crippen molar-refractivity contribution in [2.75, 3.05) is 11.9 Å². The van der Waals surface area contributed by atoms with Gasteiger partial charge in [-0.3, -0.25) is 0 Å². The van der Waals surface area contributed by atoms with Crippen molar-refractivity contribution >= 4 is 39.0 Å². The highest BCUT2D eigenvalue weighted by Gasteiger charge is 2.20. The van der Waals surface area contributed by atoms with Crippen LogP contribution in [0.5, 0.6) is 0 Å². The Morgan fingerprint density at radius 1 is 1.04 bits per heavy atom. The Kier molecular flexibility index (Phi) is 4.81. The van der Waals surface area contributed by atoms with Crippen molar-refractivity contribution in [3.05, 3.63) is 76.1 Å². The fraction of sp³-hybridized carbons (Fsp3) is 0.143. The SMILES string of the molecule is Cc1sc2nc(Cl)nc(N(C)Cc3ccccc3)c2c1-c1ccc(F)cc1. The maximum Gasteiger partial charge on any atom is 0.225 e. The van der Waals surface area contributed by atoms with Crippen LogP contribution < -0.4 is 4.90 Å². The lowest BCUT2D eigenvalue weighted by atomic mass is 10.0. The van der Waals surface area contributed by atoms with Crippen LogP contribution in [0.1, 0.15) is 10.4 Å². The molecule has 3 nitrogen and oxygen atoms in total. The number of nitrogens with zero attached hydrogens (tertiary/aromatic N) is 3. The summed E-state index contributed by atoms with van der Waals surface area (Å²) in [5, 5.41) is 1.18. The van der Waals surface area contributed by atoms with Crippen LogP contribution in [0.4, 0.5) is 10.2 Å². The van der Waals surface area contributed by atoms with Crippen molar-refractivity contribution in [1.29, 1.82) is 0 Å². The smallest absolute Gasteiger partial charge is 0.225 e. The van der Waals surface area contributed by atoms with Crippen LogP contribution in [-0.2, 0) is 6.54 Å². The van der Waals surface area contributed by atoms with Crippen LogP contribution >= 0.6 is 22.9 Å². The van der Waals surface area contributed by atoms with E-state index in [2.05, 4.69) is 27.0 Å². The van der Waals surface area contributed by atoms with E-state index < -0.39 is 0 Å². The first-order valence-corrected chi connectivity index (χ1v) is 9.70. The van der Waals surface area contributed by atoms with E-state index in [0.29, 0.717) is 6.54 Å². The van der Waals surface area contributed by atoms with Gasteiger partial charge in [-0.1, -0.05) is 42.5 Å². The van der Waals surface area contributed by atoms with Crippen LogP contribution in [0.2, 0.25) is 5.28 Å². The van der Waals surface area contributed by atoms with Crippen molar-refractivity contribution in [1.82, 2.24) is 9.97 Å². The minimum atomic E-state index is -0.253. The van der Waals surface area contributed by atoms with Gasteiger partial charge in [0.25, 0.3) is 0 Å². The van der Waals surface area contributed by atoms with Crippen LogP contribution in [0, 0.1) is 12.7 Å². The number of aryl methyl sites for hydroxylation is 1. The zero-order valence-corrected chi connectivity index (χ0v) is 16.5. The zero-order chi connectivity index (χ0) is 19.0. The number of hydrogen-bond acceptors (Lipinski definition) is 4. The molecule has 0 unspecified atom stereocenters. The number of aromatic nitrogens is 2. The summed E-state index contributed by atoms with van der Waals surface area (Å²) in [6.07, 6.45) is 0. The minimum Gasteiger partial charge on any atom is -0.355 e. The zero-order valence-electron chi connectivity index (χ0n) is 14.9. The quantitative estimate of drug-likeness (QED) is 0.390. The van der Waals surface area contributed by atoms with Gasteiger partial charge in [0.1, 0.15) is 16.5 Å². The summed E-state index contributed by atoms with van der Waals surface area (Å²) in [7, 11) is 1.99. The Bertz CT molecular complexity index is 1090. The molecule has 0 aliphatic heterocycles. The van der Waals surface area contributed by atoms with E-state index in [0.717, 1.165) is 32.0 Å². The Balaban J connectivity index is 1.88. The molecule has 2 heterocycles. The monoisotopic (exact) mass is 397 g/mol. The van der Waals surface area contributed by atoms with E-state index in [1.54, 1.807) is 23.5 Å². The number of thiophene rings is 1. The highest BCUT2D eigenvalue weighted by molar-refractivity contribution is 7.19. The molecule has 0 aliphatic carbocycles. The predicted molar refractivity (Wildman–Crippen MR) is 111 cm³/mol. The van der Waals surface area contributed by atoms with Gasteiger partial charge in [0.2, 0.25) is 5.28 Å². The maximum atomic E-state index is 13.4. The van der Waals surface area contributed by atoms with Crippen molar-refractivity contribution in [2.45, 2.75) is 13.5 Å². The molecular formula is C21H17ClFN3S. The van der Waals surface area contributed by atoms with E-state index in [-0.39, 0.29) is 11.1 Å². The second-order valence-corrected chi connectivity index (χ2v) is 7.92. The lowest BCUT2D eigenvalue weighted by molar-refractivity contribution is 0.628. The highest BCUT2D eigenvalue weighted by atomic mass is 35.5. The highest BCUT2D eigenvalue weighted by Crippen LogP contribution is 2.42. The second-order valence-electron chi connectivity index (χ2n) is 6.38. The largest absolute Gasteiger partial charge is 0.355 e. The first kappa shape index (κ1) is 17.9. The third-order valence-electron chi connectivity index (χ3n) is 4.44. The van der Waals surface area contributed by atoms with Gasteiger partial charge in [0.15, 0.2) is 0 Å². The maximum absolute atomic E-state index is 13.4. The van der Waals surface area contributed by atoms with Crippen LogP contribution in [0.3, 0.4) is 0 Å². The third-order valence-corrected chi connectivity index (χ3v) is 5.61. The molecule has 0 radical (unpaired) electrons. The number of anilines is 1. The van der Waals surface area contributed by atoms with E-state index >= 15 is 0 Å². The molecule has 0 spiro atoms. The summed E-state index contributed by atoms with van der Waals surface area (Å²) in [4.78, 5) is 13.0. The minimum absolute atomic E-state index is 0.226. The molecule has 136 valence electrons. The van der Waals surface area contributed by atoms with Gasteiger partial charge >= 0.3 is 0 Å². The van der Waals surface area contributed by atoms with Gasteiger partial charge in [-0.05, 0) is 41.8 Å². The number of halogens is 2. The standard InChI is InChI=1S/C21H17ClFN3S/c1-13-17(15-8-10-16(23)11-9-15)18-19(24-21(22)25-20(18)27-13)26(2)12-14-6-4-3-5-7-14/h3-11H,12H2,1-2H3. The van der Waals surface area contributed by atoms with Crippen LogP contribution in [0.15, 0.2) is 54.6 Å². The third kappa shape index (κ3) is 3.53. The summed E-state index contributed by atoms with van der Waals surface area (Å²) in [5.74, 6) is 0.522. The van der Waals surface area contributed by atoms with Gasteiger partial charge in [0.05, 0.1) is 5.39 Å². The van der Waals surface area contributed by atoms with Crippen molar-refractivity contribution in [3.63, 3.8) is 0 Å². The van der Waals surface area contributed by atoms with E-state index in [1.807, 2.05) is 32.2 Å². The first-order valence-electron chi connectivity index (χ1n) is 8.50. The van der Waals surface area contributed by atoms with Gasteiger partial charge < -0.3 is 4.90 Å². The summed E-state index contributed by atoms with van der Waals surface area (Å²) in [5.41, 5.74) is 3.15. The van der Waals surface area contributed by atoms with Crippen LogP contribution in [-0.4, -0.2) is 17.0 Å². The van der Waals surface area contributed by atoms with Gasteiger partial charge in [-0.15, -0.1) is 11.3 Å². The molecule has 0 fully saturated rings. The Hall–Kier alpha value is -2.50. The predicted octanol–water partition coefficient (Wildman–Crippen LogP) is 6.10. The summed E-state index contributed by atoms with van der Waals surface area (Å²) in [6, 6.07) is 16.7. The van der Waals surface area contributed by atoms with E-state index in [1.165, 1.54) is 17.7 Å². The molecule has 6 heteroatoms. The van der Waals surface area contributed by atoms with Crippen molar-refractivity contribution in [2.24, 2.45) is 0 Å². The van der Waals surface area contributed by atoms with E-state index in [4.69, 9.17) is 11.6 Å². The Morgan fingerprint density at radius 2 is 1.74 bits per heavy atom. The average molecular weight is 398 g/mol. The number of benzene rings is 2. The fourth-order valence-electron chi connectivity index (χ4n) is 3.24. The van der Waals surface area contributed by atoms with Gasteiger partial charge in [0, 0.05) is 24.0 Å². The molecule has 0 saturated carbocycles. The molecule has 2 aromatic heterocycles. The lowest BCUT2D eigenvalue weighted by Gasteiger charge is -2.20. The average Bonchev–Trinajstić information content (AvgIpc) is 2.98. The summed E-state index contributed by atoms with van der Waals surface area (Å²) in [6.45, 7) is 2.74. The number of hydrogen-bond donors (Lipinski definition) is 0. The summed E-state index contributed by atoms with van der Waals surface area (Å²) >= 11 is 7.78. The molecule has 4 rings (SSSR count). The Labute approximate surface area is 166 Å². The topological polar surface area (TPSA) is 29.0 Å². The Morgan fingerprint density at radius 3 is 2.44 bits per heavy atom. The summed E-state index contributed by atoms with van der Waals surface area (Å²) < 4.78 is 13.4. The van der Waals surface area contributed by atoms with Crippen molar-refractivity contribution in [3.8, 4) is 11.1 Å². The van der Waals surface area contributed by atoms with E-state index in [9.17, 15) is 4.39 Å². The second kappa shape index (κ2) is 7.25. The fourth-order valence-corrected chi connectivity index (χ4v) is 4.50. The molecule has 0 N–H and O–H groups in total. The molecule has 27 heavy (non-hydrogen) atoms. The molecule has 0 bridgehead atoms. The number of fused-ring (bicyclic) bond motifs is 1. The van der Waals surface area contributed by atoms with Crippen LogP contribution in [0.25, 0.3) is 21.3 Å². The normalized spacial score (nSPS) is 11.1. The van der Waals surface area contributed by atoms with Gasteiger partial charge in [-0.2, -0.15) is 4.98 Å². The lowest BCUT2D eigenvalue weighted by Crippen LogP contribution is -2.18. The molecule has 0 atom stereocenters. The molecule has 4 aromatic rings.